The van der Waals surface area contributed by atoms with Crippen molar-refractivity contribution in [2.24, 2.45) is 0 Å². The van der Waals surface area contributed by atoms with E-state index >= 15 is 0 Å². The van der Waals surface area contributed by atoms with Crippen LogP contribution in [0.2, 0.25) is 10.5 Å². The molecule has 0 saturated heterocycles. The van der Waals surface area contributed by atoms with E-state index in [2.05, 4.69) is 125 Å². The Morgan fingerprint density at radius 2 is 1.21 bits per heavy atom. The van der Waals surface area contributed by atoms with Crippen LogP contribution in [-0.2, 0) is 26.2 Å². The molecule has 5 aromatic rings. The number of fused-ring (bicyclic) bond motifs is 2. The molecule has 0 aliphatic carbocycles. The first kappa shape index (κ1) is 32.9. The molecule has 0 spiro atoms. The summed E-state index contributed by atoms with van der Waals surface area (Å²) in [6, 6.07) is 34.4. The van der Waals surface area contributed by atoms with Gasteiger partial charge in [-0.05, 0) is 5.56 Å². The Labute approximate surface area is 243 Å². The van der Waals surface area contributed by atoms with Crippen LogP contribution in [-0.4, -0.2) is 15.4 Å². The minimum absolute atomic E-state index is 0. The fourth-order valence-corrected chi connectivity index (χ4v) is 5.06. The Morgan fingerprint density at radius 3 is 1.82 bits per heavy atom. The molecule has 5 rings (SSSR count). The standard InChI is InChI=1S/C16H13.C10H9.C4H11Ge.2ClH.Zr/c1-12-10-14-8-5-9-15(16(14)11-12)13-6-3-2-4-7-13;1-8-6-9-4-2-3-5-10(9)7-8;1-3-5-4-2;;;/h2-11H,1H3;2-7H,1H3;5H,3-4H2,1-2H3;2*1H;/q2*-1;;;;+4/p-2. The van der Waals surface area contributed by atoms with Gasteiger partial charge in [-0.2, -0.15) is 12.1 Å². The van der Waals surface area contributed by atoms with E-state index in [0.717, 1.165) is 0 Å². The van der Waals surface area contributed by atoms with Crippen LogP contribution in [0.3, 0.4) is 0 Å². The molecule has 4 heteroatoms. The van der Waals surface area contributed by atoms with Gasteiger partial charge in [-0.25, -0.2) is 0 Å². The van der Waals surface area contributed by atoms with E-state index in [1.165, 1.54) is 54.3 Å². The molecule has 0 N–H and O–H groups in total. The fourth-order valence-electron chi connectivity index (χ4n) is 3.85. The quantitative estimate of drug-likeness (QED) is 0.213. The molecule has 0 bridgehead atoms. The summed E-state index contributed by atoms with van der Waals surface area (Å²) in [4.78, 5) is 0. The molecule has 0 aliphatic heterocycles. The minimum Gasteiger partial charge on any atom is -1.00 e. The second-order valence-electron chi connectivity index (χ2n) is 7.97. The molecule has 175 valence electrons. The van der Waals surface area contributed by atoms with Crippen LogP contribution >= 0.6 is 0 Å². The van der Waals surface area contributed by atoms with Gasteiger partial charge in [0.05, 0.1) is 0 Å². The molecule has 1 radical (unpaired) electrons. The zero-order valence-electron chi connectivity index (χ0n) is 20.5. The fraction of sp³-hybridized carbons (Fsp3) is 0.200. The van der Waals surface area contributed by atoms with Gasteiger partial charge in [-0.15, -0.1) is 75.1 Å². The van der Waals surface area contributed by atoms with E-state index in [1.807, 2.05) is 0 Å². The largest absolute Gasteiger partial charge is 4.00 e. The first-order valence-corrected chi connectivity index (χ1v) is 14.7. The van der Waals surface area contributed by atoms with Gasteiger partial charge in [0.15, 0.2) is 0 Å². The summed E-state index contributed by atoms with van der Waals surface area (Å²) in [6.07, 6.45) is 0. The Balaban J connectivity index is 0.000000527. The molecular formula is C30H33Cl2GeZr. The van der Waals surface area contributed by atoms with Crippen LogP contribution in [0.4, 0.5) is 0 Å². The molecule has 0 atom stereocenters. The maximum absolute atomic E-state index is 2.28. The second-order valence-corrected chi connectivity index (χ2v) is 12.6. The first-order chi connectivity index (χ1) is 15.1. The van der Waals surface area contributed by atoms with Gasteiger partial charge in [-0.1, -0.05) is 61.9 Å². The molecule has 0 saturated carbocycles. The smallest absolute Gasteiger partial charge is 1.00 e. The minimum atomic E-state index is 0. The predicted octanol–water partition coefficient (Wildman–Crippen LogP) is 2.71. The van der Waals surface area contributed by atoms with E-state index in [-0.39, 0.29) is 51.0 Å². The van der Waals surface area contributed by atoms with Crippen LogP contribution in [0, 0.1) is 13.8 Å². The average Bonchev–Trinajstić information content (AvgIpc) is 3.36. The van der Waals surface area contributed by atoms with E-state index in [0.29, 0.717) is 15.4 Å². The number of rotatable bonds is 3. The van der Waals surface area contributed by atoms with Gasteiger partial charge in [0, 0.05) is 0 Å². The Kier molecular flexibility index (Phi) is 16.8. The van der Waals surface area contributed by atoms with Crippen molar-refractivity contribution in [3.05, 3.63) is 108 Å². The van der Waals surface area contributed by atoms with Gasteiger partial charge in [0.2, 0.25) is 0 Å². The van der Waals surface area contributed by atoms with Crippen molar-refractivity contribution < 1.29 is 51.0 Å². The van der Waals surface area contributed by atoms with E-state index < -0.39 is 0 Å². The summed E-state index contributed by atoms with van der Waals surface area (Å²) in [7, 11) is 0. The van der Waals surface area contributed by atoms with Crippen molar-refractivity contribution in [3.8, 4) is 11.1 Å². The van der Waals surface area contributed by atoms with E-state index in [9.17, 15) is 0 Å². The summed E-state index contributed by atoms with van der Waals surface area (Å²) >= 11 is 0.312. The summed E-state index contributed by atoms with van der Waals surface area (Å²) in [6.45, 7) is 8.84. The van der Waals surface area contributed by atoms with Gasteiger partial charge >= 0.3 is 66.0 Å². The van der Waals surface area contributed by atoms with Crippen molar-refractivity contribution in [1.29, 1.82) is 0 Å². The van der Waals surface area contributed by atoms with Crippen LogP contribution in [0.5, 0.6) is 0 Å². The van der Waals surface area contributed by atoms with Crippen molar-refractivity contribution in [3.63, 3.8) is 0 Å². The SMILES string of the molecule is C[CH2][GeH][CH2]C.Cc1cc2c(-c3ccccc3)cccc2[cH-]1.Cc1cc2ccccc2[cH-]1.[Cl-].[Cl-].[Zr+4]. The molecule has 0 unspecified atom stereocenters. The number of benzene rings is 3. The zero-order valence-corrected chi connectivity index (χ0v) is 26.9. The van der Waals surface area contributed by atoms with Crippen LogP contribution in [0.15, 0.2) is 97.1 Å². The number of hydrogen-bond acceptors (Lipinski definition) is 0. The molecule has 0 aromatic heterocycles. The van der Waals surface area contributed by atoms with Gasteiger partial charge in [0.1, 0.15) is 0 Å². The zero-order chi connectivity index (χ0) is 22.1. The van der Waals surface area contributed by atoms with E-state index in [4.69, 9.17) is 0 Å². The summed E-state index contributed by atoms with van der Waals surface area (Å²) in [5.41, 5.74) is 5.30. The number of hydrogen-bond donors (Lipinski definition) is 0. The van der Waals surface area contributed by atoms with Gasteiger partial charge < -0.3 is 24.8 Å². The molecular weight excluding hydrogens is 595 g/mol. The maximum Gasteiger partial charge on any atom is 4.00 e. The molecule has 5 aromatic carbocycles. The van der Waals surface area contributed by atoms with Gasteiger partial charge in [-0.3, -0.25) is 0 Å². The second kappa shape index (κ2) is 17.3. The Hall–Kier alpha value is -1.11. The van der Waals surface area contributed by atoms with Crippen molar-refractivity contribution in [2.75, 3.05) is 0 Å². The van der Waals surface area contributed by atoms with Crippen LogP contribution in [0.25, 0.3) is 32.7 Å². The number of aryl methyl sites for hydroxylation is 2. The third-order valence-corrected chi connectivity index (χ3v) is 7.74. The van der Waals surface area contributed by atoms with Gasteiger partial charge in [0.25, 0.3) is 0 Å². The van der Waals surface area contributed by atoms with Crippen molar-refractivity contribution in [2.45, 2.75) is 38.2 Å². The van der Waals surface area contributed by atoms with E-state index in [1.54, 1.807) is 0 Å². The summed E-state index contributed by atoms with van der Waals surface area (Å²) in [5, 5.41) is 8.38. The molecule has 0 aliphatic rings. The molecule has 0 heterocycles. The third kappa shape index (κ3) is 9.50. The Bertz CT molecular complexity index is 1170. The molecule has 34 heavy (non-hydrogen) atoms. The summed E-state index contributed by atoms with van der Waals surface area (Å²) in [5.74, 6) is 0. The van der Waals surface area contributed by atoms with Crippen LogP contribution in [0.1, 0.15) is 25.0 Å². The first-order valence-electron chi connectivity index (χ1n) is 11.3. The predicted molar refractivity (Wildman–Crippen MR) is 142 cm³/mol. The average molecular weight is 628 g/mol. The van der Waals surface area contributed by atoms with Crippen molar-refractivity contribution in [1.82, 2.24) is 0 Å². The maximum atomic E-state index is 2.28. The topological polar surface area (TPSA) is 0 Å². The van der Waals surface area contributed by atoms with Crippen molar-refractivity contribution >= 4 is 37.0 Å². The monoisotopic (exact) mass is 627 g/mol. The molecule has 0 amide bonds. The normalized spacial score (nSPS) is 9.41. The van der Waals surface area contributed by atoms with Crippen LogP contribution < -0.4 is 24.8 Å². The molecule has 0 fully saturated rings. The third-order valence-electron chi connectivity index (χ3n) is 5.32. The molecule has 0 nitrogen and oxygen atoms in total. The number of halogens is 2. The summed E-state index contributed by atoms with van der Waals surface area (Å²) < 4.78 is 0. The Morgan fingerprint density at radius 1 is 0.647 bits per heavy atom.